The summed E-state index contributed by atoms with van der Waals surface area (Å²) in [7, 11) is 0. The maximum atomic E-state index is 13.1. The van der Waals surface area contributed by atoms with Crippen molar-refractivity contribution in [3.8, 4) is 11.3 Å². The standard InChI is InChI=1S/C22H17FN2O2S/c1-12-13(2)28-21-19(12)22(26)25-10-9-15(20(25)24-21)11-17-7-8-18(27-17)14-3-5-16(23)6-4-14/h3-8,11H,9-10H2,1-2H3/b15-11-. The molecule has 0 radical (unpaired) electrons. The maximum absolute atomic E-state index is 13.1. The van der Waals surface area contributed by atoms with Gasteiger partial charge in [-0.05, 0) is 68.3 Å². The molecule has 1 aliphatic rings. The van der Waals surface area contributed by atoms with Gasteiger partial charge in [-0.2, -0.15) is 0 Å². The number of aryl methyl sites for hydroxylation is 2. The molecule has 28 heavy (non-hydrogen) atoms. The summed E-state index contributed by atoms with van der Waals surface area (Å²) < 4.78 is 20.8. The van der Waals surface area contributed by atoms with Crippen molar-refractivity contribution < 1.29 is 8.81 Å². The van der Waals surface area contributed by atoms with Gasteiger partial charge in [0, 0.05) is 22.6 Å². The van der Waals surface area contributed by atoms with Crippen LogP contribution in [-0.2, 0) is 6.54 Å². The van der Waals surface area contributed by atoms with Gasteiger partial charge in [0.05, 0.1) is 5.39 Å². The van der Waals surface area contributed by atoms with Crippen molar-refractivity contribution in [1.29, 1.82) is 0 Å². The van der Waals surface area contributed by atoms with E-state index in [2.05, 4.69) is 0 Å². The van der Waals surface area contributed by atoms with Crippen LogP contribution in [0.15, 0.2) is 45.6 Å². The average Bonchev–Trinajstić information content (AvgIpc) is 3.36. The Morgan fingerprint density at radius 3 is 2.75 bits per heavy atom. The van der Waals surface area contributed by atoms with Gasteiger partial charge in [-0.25, -0.2) is 9.37 Å². The van der Waals surface area contributed by atoms with E-state index in [9.17, 15) is 9.18 Å². The second kappa shape index (κ2) is 6.27. The van der Waals surface area contributed by atoms with Crippen LogP contribution in [0.25, 0.3) is 33.2 Å². The topological polar surface area (TPSA) is 48.0 Å². The lowest BCUT2D eigenvalue weighted by atomic mass is 10.1. The monoisotopic (exact) mass is 392 g/mol. The molecule has 0 atom stereocenters. The van der Waals surface area contributed by atoms with Crippen molar-refractivity contribution in [2.75, 3.05) is 0 Å². The lowest BCUT2D eigenvalue weighted by Gasteiger charge is -2.03. The zero-order valence-corrected chi connectivity index (χ0v) is 16.3. The average molecular weight is 392 g/mol. The highest BCUT2D eigenvalue weighted by molar-refractivity contribution is 7.18. The molecular formula is C22H17FN2O2S. The van der Waals surface area contributed by atoms with E-state index in [1.54, 1.807) is 28.0 Å². The van der Waals surface area contributed by atoms with E-state index < -0.39 is 0 Å². The third-order valence-electron chi connectivity index (χ3n) is 5.25. The molecule has 1 aliphatic heterocycles. The zero-order valence-electron chi connectivity index (χ0n) is 15.5. The van der Waals surface area contributed by atoms with Crippen LogP contribution in [-0.4, -0.2) is 9.55 Å². The highest BCUT2D eigenvalue weighted by Gasteiger charge is 2.23. The fourth-order valence-electron chi connectivity index (χ4n) is 3.63. The molecule has 4 nitrogen and oxygen atoms in total. The molecule has 0 unspecified atom stereocenters. The van der Waals surface area contributed by atoms with E-state index in [-0.39, 0.29) is 11.4 Å². The highest BCUT2D eigenvalue weighted by atomic mass is 32.1. The number of fused-ring (bicyclic) bond motifs is 2. The molecule has 0 fully saturated rings. The number of hydrogen-bond acceptors (Lipinski definition) is 4. The van der Waals surface area contributed by atoms with Crippen LogP contribution in [0.1, 0.15) is 28.4 Å². The Balaban J connectivity index is 1.56. The van der Waals surface area contributed by atoms with E-state index in [1.165, 1.54) is 12.1 Å². The first-order valence-electron chi connectivity index (χ1n) is 9.08. The molecule has 0 saturated carbocycles. The number of aromatic nitrogens is 2. The van der Waals surface area contributed by atoms with Gasteiger partial charge in [0.25, 0.3) is 5.56 Å². The Morgan fingerprint density at radius 2 is 1.96 bits per heavy atom. The van der Waals surface area contributed by atoms with Crippen molar-refractivity contribution in [3.05, 3.63) is 74.6 Å². The predicted molar refractivity (Wildman–Crippen MR) is 110 cm³/mol. The first-order chi connectivity index (χ1) is 13.5. The van der Waals surface area contributed by atoms with E-state index in [0.717, 1.165) is 44.0 Å². The first kappa shape index (κ1) is 17.1. The summed E-state index contributed by atoms with van der Waals surface area (Å²) in [5.41, 5.74) is 2.87. The Labute approximate surface area is 164 Å². The highest BCUT2D eigenvalue weighted by Crippen LogP contribution is 2.32. The number of benzene rings is 1. The summed E-state index contributed by atoms with van der Waals surface area (Å²) >= 11 is 1.56. The molecule has 0 aliphatic carbocycles. The number of rotatable bonds is 2. The maximum Gasteiger partial charge on any atom is 0.262 e. The van der Waals surface area contributed by atoms with Crippen LogP contribution >= 0.6 is 11.3 Å². The van der Waals surface area contributed by atoms with Gasteiger partial charge in [0.1, 0.15) is 28.0 Å². The minimum atomic E-state index is -0.276. The van der Waals surface area contributed by atoms with Gasteiger partial charge in [-0.3, -0.25) is 9.36 Å². The number of nitrogens with zero attached hydrogens (tertiary/aromatic N) is 2. The molecule has 0 N–H and O–H groups in total. The van der Waals surface area contributed by atoms with E-state index in [1.807, 2.05) is 32.1 Å². The van der Waals surface area contributed by atoms with Gasteiger partial charge >= 0.3 is 0 Å². The molecule has 0 saturated heterocycles. The van der Waals surface area contributed by atoms with Crippen LogP contribution in [0.2, 0.25) is 0 Å². The predicted octanol–water partition coefficient (Wildman–Crippen LogP) is 5.42. The Bertz CT molecular complexity index is 1310. The molecule has 0 amide bonds. The number of thiophene rings is 1. The van der Waals surface area contributed by atoms with Crippen LogP contribution < -0.4 is 5.56 Å². The number of furan rings is 1. The minimum Gasteiger partial charge on any atom is -0.457 e. The van der Waals surface area contributed by atoms with Gasteiger partial charge in [-0.15, -0.1) is 11.3 Å². The van der Waals surface area contributed by atoms with Crippen molar-refractivity contribution in [3.63, 3.8) is 0 Å². The Hall–Kier alpha value is -2.99. The summed E-state index contributed by atoms with van der Waals surface area (Å²) in [5.74, 6) is 1.81. The second-order valence-corrected chi connectivity index (χ2v) is 8.19. The summed E-state index contributed by atoms with van der Waals surface area (Å²) in [6, 6.07) is 9.95. The van der Waals surface area contributed by atoms with Crippen molar-refractivity contribution in [1.82, 2.24) is 9.55 Å². The van der Waals surface area contributed by atoms with E-state index >= 15 is 0 Å². The largest absolute Gasteiger partial charge is 0.457 e. The summed E-state index contributed by atoms with van der Waals surface area (Å²) in [5, 5.41) is 0.740. The molecule has 6 heteroatoms. The van der Waals surface area contributed by atoms with Gasteiger partial charge in [0.2, 0.25) is 0 Å². The van der Waals surface area contributed by atoms with Crippen LogP contribution in [0, 0.1) is 19.7 Å². The fraction of sp³-hybridized carbons (Fsp3) is 0.182. The molecule has 5 rings (SSSR count). The molecular weight excluding hydrogens is 375 g/mol. The summed E-state index contributed by atoms with van der Waals surface area (Å²) in [4.78, 5) is 19.6. The normalized spacial score (nSPS) is 14.9. The lowest BCUT2D eigenvalue weighted by Crippen LogP contribution is -2.20. The molecule has 3 aromatic heterocycles. The SMILES string of the molecule is Cc1sc2nc3n(c(=O)c2c1C)CC/C3=C/c1ccc(-c2ccc(F)cc2)o1. The quantitative estimate of drug-likeness (QED) is 0.458. The second-order valence-electron chi connectivity index (χ2n) is 6.98. The van der Waals surface area contributed by atoms with Crippen molar-refractivity contribution in [2.45, 2.75) is 26.8 Å². The zero-order chi connectivity index (χ0) is 19.4. The lowest BCUT2D eigenvalue weighted by molar-refractivity contribution is 0.571. The van der Waals surface area contributed by atoms with Crippen LogP contribution in [0.4, 0.5) is 4.39 Å². The molecule has 4 aromatic rings. The molecule has 0 spiro atoms. The molecule has 4 heterocycles. The van der Waals surface area contributed by atoms with Gasteiger partial charge in [-0.1, -0.05) is 0 Å². The Morgan fingerprint density at radius 1 is 1.18 bits per heavy atom. The molecule has 140 valence electrons. The molecule has 1 aromatic carbocycles. The van der Waals surface area contributed by atoms with Crippen molar-refractivity contribution >= 4 is 33.2 Å². The summed E-state index contributed by atoms with van der Waals surface area (Å²) in [6.07, 6.45) is 2.68. The summed E-state index contributed by atoms with van der Waals surface area (Å²) in [6.45, 7) is 4.63. The third-order valence-corrected chi connectivity index (χ3v) is 6.35. The van der Waals surface area contributed by atoms with E-state index in [0.29, 0.717) is 18.1 Å². The smallest absolute Gasteiger partial charge is 0.262 e. The van der Waals surface area contributed by atoms with Crippen molar-refractivity contribution in [2.24, 2.45) is 0 Å². The number of hydrogen-bond donors (Lipinski definition) is 0. The van der Waals surface area contributed by atoms with Crippen LogP contribution in [0.5, 0.6) is 0 Å². The van der Waals surface area contributed by atoms with Gasteiger partial charge in [0.15, 0.2) is 0 Å². The molecule has 0 bridgehead atoms. The van der Waals surface area contributed by atoms with Crippen LogP contribution in [0.3, 0.4) is 0 Å². The minimum absolute atomic E-state index is 0.0386. The number of halogens is 1. The fourth-order valence-corrected chi connectivity index (χ4v) is 4.65. The van der Waals surface area contributed by atoms with Gasteiger partial charge < -0.3 is 4.42 Å². The number of allylic oxidation sites excluding steroid dienone is 1. The first-order valence-corrected chi connectivity index (χ1v) is 9.90. The van der Waals surface area contributed by atoms with E-state index in [4.69, 9.17) is 9.40 Å². The third kappa shape index (κ3) is 2.64. The Kier molecular flexibility index (Phi) is 3.84.